The molecule has 1 saturated heterocycles. The van der Waals surface area contributed by atoms with Gasteiger partial charge in [0.2, 0.25) is 11.8 Å². The van der Waals surface area contributed by atoms with E-state index in [-0.39, 0.29) is 23.8 Å². The van der Waals surface area contributed by atoms with E-state index in [1.165, 1.54) is 0 Å². The number of hydrogen-bond acceptors (Lipinski definition) is 2. The predicted octanol–water partition coefficient (Wildman–Crippen LogP) is 2.66. The molecule has 0 aromatic heterocycles. The van der Waals surface area contributed by atoms with E-state index in [0.29, 0.717) is 19.4 Å². The van der Waals surface area contributed by atoms with Crippen molar-refractivity contribution in [2.45, 2.75) is 29.6 Å². The number of carbonyl (C=O) groups excluding carboxylic acids is 2. The van der Waals surface area contributed by atoms with Gasteiger partial charge < -0.3 is 10.2 Å². The predicted molar refractivity (Wildman–Crippen MR) is 85.7 cm³/mol. The van der Waals surface area contributed by atoms with Crippen LogP contribution in [0.2, 0.25) is 0 Å². The van der Waals surface area contributed by atoms with Gasteiger partial charge in [-0.1, -0.05) is 30.3 Å². The molecule has 3 rings (SSSR count). The Balaban J connectivity index is 1.72. The first-order valence-electron chi connectivity index (χ1n) is 7.48. The number of carbonyl (C=O) groups is 2. The molecule has 2 aliphatic rings. The van der Waals surface area contributed by atoms with Crippen molar-refractivity contribution in [2.75, 3.05) is 13.1 Å². The van der Waals surface area contributed by atoms with Crippen LogP contribution in [0.15, 0.2) is 30.3 Å². The SMILES string of the molecule is O=C(NC(CN1CCCC1=O)c1ccccc1)C1CC1(Cl)Cl. The Hall–Kier alpha value is -1.26. The molecule has 118 valence electrons. The van der Waals surface area contributed by atoms with Crippen molar-refractivity contribution in [1.82, 2.24) is 10.2 Å². The van der Waals surface area contributed by atoms with Gasteiger partial charge in [-0.05, 0) is 18.4 Å². The minimum absolute atomic E-state index is 0.144. The maximum atomic E-state index is 12.3. The summed E-state index contributed by atoms with van der Waals surface area (Å²) >= 11 is 11.9. The number of amides is 2. The van der Waals surface area contributed by atoms with Gasteiger partial charge in [-0.15, -0.1) is 23.2 Å². The van der Waals surface area contributed by atoms with E-state index in [1.807, 2.05) is 30.3 Å². The Morgan fingerprint density at radius 1 is 1.36 bits per heavy atom. The number of hydrogen-bond donors (Lipinski definition) is 1. The van der Waals surface area contributed by atoms with Crippen LogP contribution in [0.3, 0.4) is 0 Å². The second kappa shape index (κ2) is 6.09. The van der Waals surface area contributed by atoms with Gasteiger partial charge in [0, 0.05) is 19.5 Å². The normalized spacial score (nSPS) is 24.2. The highest BCUT2D eigenvalue weighted by atomic mass is 35.5. The van der Waals surface area contributed by atoms with Crippen LogP contribution >= 0.6 is 23.2 Å². The molecule has 6 heteroatoms. The zero-order valence-corrected chi connectivity index (χ0v) is 13.6. The summed E-state index contributed by atoms with van der Waals surface area (Å²) in [6.07, 6.45) is 1.94. The number of halogens is 2. The molecule has 4 nitrogen and oxygen atoms in total. The van der Waals surface area contributed by atoms with Crippen LogP contribution in [-0.2, 0) is 9.59 Å². The molecule has 1 aromatic carbocycles. The summed E-state index contributed by atoms with van der Waals surface area (Å²) in [5, 5.41) is 3.00. The lowest BCUT2D eigenvalue weighted by Crippen LogP contribution is -2.39. The maximum Gasteiger partial charge on any atom is 0.226 e. The topological polar surface area (TPSA) is 49.4 Å². The molecule has 22 heavy (non-hydrogen) atoms. The number of rotatable bonds is 5. The van der Waals surface area contributed by atoms with Crippen molar-refractivity contribution in [3.63, 3.8) is 0 Å². The van der Waals surface area contributed by atoms with E-state index in [0.717, 1.165) is 18.5 Å². The molecule has 0 spiro atoms. The van der Waals surface area contributed by atoms with Crippen molar-refractivity contribution < 1.29 is 9.59 Å². The molecule has 2 atom stereocenters. The molecular weight excluding hydrogens is 323 g/mol. The van der Waals surface area contributed by atoms with Crippen molar-refractivity contribution in [1.29, 1.82) is 0 Å². The Bertz CT molecular complexity index is 577. The number of nitrogens with zero attached hydrogens (tertiary/aromatic N) is 1. The van der Waals surface area contributed by atoms with Gasteiger partial charge in [0.1, 0.15) is 4.33 Å². The fraction of sp³-hybridized carbons (Fsp3) is 0.500. The average molecular weight is 341 g/mol. The van der Waals surface area contributed by atoms with E-state index in [1.54, 1.807) is 4.90 Å². The smallest absolute Gasteiger partial charge is 0.226 e. The standard InChI is InChI=1S/C16H18Cl2N2O2/c17-16(18)9-12(16)15(22)19-13(11-5-2-1-3-6-11)10-20-8-4-7-14(20)21/h1-3,5-6,12-13H,4,7-10H2,(H,19,22). The fourth-order valence-electron chi connectivity index (χ4n) is 2.81. The van der Waals surface area contributed by atoms with E-state index in [4.69, 9.17) is 23.2 Å². The molecule has 1 aliphatic carbocycles. The molecule has 1 aromatic rings. The Morgan fingerprint density at radius 3 is 2.59 bits per heavy atom. The zero-order chi connectivity index (χ0) is 15.7. The molecule has 2 amide bonds. The third-order valence-electron chi connectivity index (χ3n) is 4.24. The highest BCUT2D eigenvalue weighted by Gasteiger charge is 2.56. The van der Waals surface area contributed by atoms with Crippen LogP contribution in [0.5, 0.6) is 0 Å². The molecule has 1 aliphatic heterocycles. The average Bonchev–Trinajstić information content (AvgIpc) is 2.95. The van der Waals surface area contributed by atoms with Gasteiger partial charge in [-0.3, -0.25) is 9.59 Å². The van der Waals surface area contributed by atoms with Gasteiger partial charge >= 0.3 is 0 Å². The Kier molecular flexibility index (Phi) is 4.33. The highest BCUT2D eigenvalue weighted by Crippen LogP contribution is 2.53. The van der Waals surface area contributed by atoms with Gasteiger partial charge in [0.25, 0.3) is 0 Å². The van der Waals surface area contributed by atoms with Gasteiger partial charge in [0.05, 0.1) is 12.0 Å². The monoisotopic (exact) mass is 340 g/mol. The lowest BCUT2D eigenvalue weighted by molar-refractivity contribution is -0.129. The van der Waals surface area contributed by atoms with Crippen molar-refractivity contribution >= 4 is 35.0 Å². The fourth-order valence-corrected chi connectivity index (χ4v) is 3.31. The molecular formula is C16H18Cl2N2O2. The summed E-state index contributed by atoms with van der Waals surface area (Å²) in [6.45, 7) is 1.23. The summed E-state index contributed by atoms with van der Waals surface area (Å²) < 4.78 is -0.936. The minimum Gasteiger partial charge on any atom is -0.347 e. The quantitative estimate of drug-likeness (QED) is 0.837. The van der Waals surface area contributed by atoms with Crippen LogP contribution in [0.1, 0.15) is 30.9 Å². The van der Waals surface area contributed by atoms with E-state index in [2.05, 4.69) is 5.32 Å². The molecule has 1 heterocycles. The summed E-state index contributed by atoms with van der Waals surface area (Å²) in [6, 6.07) is 9.43. The lowest BCUT2D eigenvalue weighted by atomic mass is 10.1. The second-order valence-corrected chi connectivity index (χ2v) is 7.48. The first kappa shape index (κ1) is 15.6. The van der Waals surface area contributed by atoms with Crippen molar-refractivity contribution in [3.05, 3.63) is 35.9 Å². The molecule has 2 unspecified atom stereocenters. The summed E-state index contributed by atoms with van der Waals surface area (Å²) in [4.78, 5) is 25.9. The molecule has 1 N–H and O–H groups in total. The number of nitrogens with one attached hydrogen (secondary N) is 1. The van der Waals surface area contributed by atoms with E-state index >= 15 is 0 Å². The first-order valence-corrected chi connectivity index (χ1v) is 8.24. The van der Waals surface area contributed by atoms with E-state index in [9.17, 15) is 9.59 Å². The molecule has 0 radical (unpaired) electrons. The van der Waals surface area contributed by atoms with Crippen LogP contribution in [0, 0.1) is 5.92 Å². The number of benzene rings is 1. The summed E-state index contributed by atoms with van der Waals surface area (Å²) in [5.74, 6) is -0.368. The number of alkyl halides is 2. The van der Waals surface area contributed by atoms with Crippen molar-refractivity contribution in [3.8, 4) is 0 Å². The van der Waals surface area contributed by atoms with Gasteiger partial charge in [-0.25, -0.2) is 0 Å². The third-order valence-corrected chi connectivity index (χ3v) is 5.07. The molecule has 1 saturated carbocycles. The number of likely N-dealkylation sites (tertiary alicyclic amines) is 1. The molecule has 2 fully saturated rings. The maximum absolute atomic E-state index is 12.3. The highest BCUT2D eigenvalue weighted by molar-refractivity contribution is 6.52. The van der Waals surface area contributed by atoms with E-state index < -0.39 is 4.33 Å². The van der Waals surface area contributed by atoms with Crippen LogP contribution in [0.25, 0.3) is 0 Å². The van der Waals surface area contributed by atoms with Gasteiger partial charge in [0.15, 0.2) is 0 Å². The summed E-state index contributed by atoms with van der Waals surface area (Å²) in [5.41, 5.74) is 0.978. The third kappa shape index (κ3) is 3.39. The zero-order valence-electron chi connectivity index (χ0n) is 12.1. The van der Waals surface area contributed by atoms with Crippen LogP contribution < -0.4 is 5.32 Å². The summed E-state index contributed by atoms with van der Waals surface area (Å²) in [7, 11) is 0. The van der Waals surface area contributed by atoms with Crippen LogP contribution in [-0.4, -0.2) is 34.1 Å². The minimum atomic E-state index is -0.936. The largest absolute Gasteiger partial charge is 0.347 e. The second-order valence-electron chi connectivity index (χ2n) is 5.93. The lowest BCUT2D eigenvalue weighted by Gasteiger charge is -2.25. The van der Waals surface area contributed by atoms with Gasteiger partial charge in [-0.2, -0.15) is 0 Å². The molecule has 0 bridgehead atoms. The Labute approximate surface area is 139 Å². The Morgan fingerprint density at radius 2 is 2.05 bits per heavy atom. The van der Waals surface area contributed by atoms with Crippen molar-refractivity contribution in [2.24, 2.45) is 5.92 Å². The first-order chi connectivity index (χ1) is 10.5. The van der Waals surface area contributed by atoms with Crippen LogP contribution in [0.4, 0.5) is 0 Å².